The number of hydrogen-bond donors (Lipinski definition) is 1. The fraction of sp³-hybridized carbons (Fsp3) is 0.818. The summed E-state index contributed by atoms with van der Waals surface area (Å²) in [5.41, 5.74) is 0. The molecule has 1 aliphatic rings. The van der Waals surface area contributed by atoms with E-state index in [-0.39, 0.29) is 0 Å². The van der Waals surface area contributed by atoms with E-state index in [1.165, 1.54) is 12.8 Å². The minimum Gasteiger partial charge on any atom is -0.339 e. The number of nitrogens with zero attached hydrogens (tertiary/aromatic N) is 2. The third kappa shape index (κ3) is 2.37. The lowest BCUT2D eigenvalue weighted by Gasteiger charge is -2.19. The first-order valence-electron chi connectivity index (χ1n) is 5.88. The summed E-state index contributed by atoms with van der Waals surface area (Å²) in [4.78, 5) is 4.46. The topological polar surface area (TPSA) is 51.0 Å². The molecule has 4 heteroatoms. The largest absolute Gasteiger partial charge is 0.339 e. The highest BCUT2D eigenvalue weighted by atomic mass is 16.5. The van der Waals surface area contributed by atoms with Crippen LogP contribution in [0.1, 0.15) is 63.2 Å². The molecule has 84 valence electrons. The van der Waals surface area contributed by atoms with Gasteiger partial charge in [0.15, 0.2) is 5.82 Å². The molecule has 0 aromatic carbocycles. The van der Waals surface area contributed by atoms with E-state index >= 15 is 0 Å². The molecule has 1 saturated heterocycles. The second-order valence-electron chi connectivity index (χ2n) is 4.30. The summed E-state index contributed by atoms with van der Waals surface area (Å²) in [6, 6.07) is 0.306. The molecule has 4 nitrogen and oxygen atoms in total. The van der Waals surface area contributed by atoms with Crippen molar-refractivity contribution in [2.24, 2.45) is 0 Å². The summed E-state index contributed by atoms with van der Waals surface area (Å²) in [6.07, 6.45) is 4.68. The Morgan fingerprint density at radius 3 is 3.07 bits per heavy atom. The maximum absolute atomic E-state index is 5.27. The molecule has 2 heterocycles. The van der Waals surface area contributed by atoms with Gasteiger partial charge in [-0.15, -0.1) is 0 Å². The van der Waals surface area contributed by atoms with Gasteiger partial charge in [0.1, 0.15) is 0 Å². The van der Waals surface area contributed by atoms with Crippen molar-refractivity contribution in [3.8, 4) is 0 Å². The highest BCUT2D eigenvalue weighted by Crippen LogP contribution is 2.23. The number of piperidine rings is 1. The highest BCUT2D eigenvalue weighted by Gasteiger charge is 2.21. The van der Waals surface area contributed by atoms with Gasteiger partial charge in [0.25, 0.3) is 0 Å². The lowest BCUT2D eigenvalue weighted by Crippen LogP contribution is -2.27. The van der Waals surface area contributed by atoms with Crippen molar-refractivity contribution >= 4 is 0 Å². The Kier molecular flexibility index (Phi) is 3.36. The fourth-order valence-electron chi connectivity index (χ4n) is 1.84. The summed E-state index contributed by atoms with van der Waals surface area (Å²) >= 11 is 0. The summed E-state index contributed by atoms with van der Waals surface area (Å²) < 4.78 is 5.27. The number of nitrogens with one attached hydrogen (secondary N) is 1. The van der Waals surface area contributed by atoms with Crippen LogP contribution < -0.4 is 5.32 Å². The lowest BCUT2D eigenvalue weighted by molar-refractivity contribution is 0.337. The molecule has 1 aromatic heterocycles. The maximum Gasteiger partial charge on any atom is 0.229 e. The Morgan fingerprint density at radius 2 is 2.40 bits per heavy atom. The molecular formula is C11H19N3O. The van der Waals surface area contributed by atoms with Crippen LogP contribution in [0.5, 0.6) is 0 Å². The van der Waals surface area contributed by atoms with Gasteiger partial charge in [-0.3, -0.25) is 0 Å². The molecule has 0 spiro atoms. The minimum atomic E-state index is 0.306. The molecule has 2 atom stereocenters. The molecular weight excluding hydrogens is 190 g/mol. The highest BCUT2D eigenvalue weighted by molar-refractivity contribution is 4.98. The van der Waals surface area contributed by atoms with Crippen LogP contribution in [-0.2, 0) is 0 Å². The number of rotatable bonds is 3. The van der Waals surface area contributed by atoms with E-state index in [2.05, 4.69) is 29.3 Å². The summed E-state index contributed by atoms with van der Waals surface area (Å²) in [7, 11) is 0. The zero-order valence-corrected chi connectivity index (χ0v) is 9.49. The molecule has 2 unspecified atom stereocenters. The second-order valence-corrected chi connectivity index (χ2v) is 4.30. The molecule has 0 radical (unpaired) electrons. The van der Waals surface area contributed by atoms with Crippen molar-refractivity contribution in [1.82, 2.24) is 15.5 Å². The van der Waals surface area contributed by atoms with Crippen LogP contribution in [0.2, 0.25) is 0 Å². The van der Waals surface area contributed by atoms with E-state index in [1.54, 1.807) is 0 Å². The van der Waals surface area contributed by atoms with Crippen LogP contribution in [0.4, 0.5) is 0 Å². The van der Waals surface area contributed by atoms with E-state index in [1.807, 2.05) is 0 Å². The average molecular weight is 209 g/mol. The predicted molar refractivity (Wildman–Crippen MR) is 57.6 cm³/mol. The summed E-state index contributed by atoms with van der Waals surface area (Å²) in [5, 5.41) is 7.48. The van der Waals surface area contributed by atoms with Crippen LogP contribution >= 0.6 is 0 Å². The maximum atomic E-state index is 5.27. The van der Waals surface area contributed by atoms with Gasteiger partial charge in [0.05, 0.1) is 6.04 Å². The van der Waals surface area contributed by atoms with Gasteiger partial charge >= 0.3 is 0 Å². The molecule has 1 N–H and O–H groups in total. The van der Waals surface area contributed by atoms with Gasteiger partial charge in [-0.2, -0.15) is 4.98 Å². The minimum absolute atomic E-state index is 0.306. The van der Waals surface area contributed by atoms with Crippen molar-refractivity contribution < 1.29 is 4.52 Å². The summed E-state index contributed by atoms with van der Waals surface area (Å²) in [6.45, 7) is 5.32. The predicted octanol–water partition coefficient (Wildman–Crippen LogP) is 2.40. The van der Waals surface area contributed by atoms with Crippen LogP contribution in [0.3, 0.4) is 0 Å². The zero-order chi connectivity index (χ0) is 10.7. The fourth-order valence-corrected chi connectivity index (χ4v) is 1.84. The van der Waals surface area contributed by atoms with E-state index in [9.17, 15) is 0 Å². The van der Waals surface area contributed by atoms with Gasteiger partial charge in [-0.25, -0.2) is 0 Å². The van der Waals surface area contributed by atoms with E-state index in [0.717, 1.165) is 31.1 Å². The first-order valence-corrected chi connectivity index (χ1v) is 5.88. The third-order valence-corrected chi connectivity index (χ3v) is 3.11. The molecule has 1 aliphatic heterocycles. The molecule has 2 rings (SSSR count). The lowest BCUT2D eigenvalue weighted by atomic mass is 10.0. The molecule has 0 aliphatic carbocycles. The van der Waals surface area contributed by atoms with Crippen LogP contribution in [0.15, 0.2) is 4.52 Å². The summed E-state index contributed by atoms with van der Waals surface area (Å²) in [5.74, 6) is 1.99. The van der Waals surface area contributed by atoms with Gasteiger partial charge < -0.3 is 9.84 Å². The Hall–Kier alpha value is -0.900. The second kappa shape index (κ2) is 4.75. The molecule has 0 amide bonds. The van der Waals surface area contributed by atoms with Crippen LogP contribution in [-0.4, -0.2) is 16.7 Å². The van der Waals surface area contributed by atoms with Gasteiger partial charge in [-0.1, -0.05) is 25.4 Å². The third-order valence-electron chi connectivity index (χ3n) is 3.11. The Bertz CT molecular complexity index is 305. The normalized spacial score (nSPS) is 24.0. The van der Waals surface area contributed by atoms with Gasteiger partial charge in [0, 0.05) is 5.92 Å². The Labute approximate surface area is 90.4 Å². The van der Waals surface area contributed by atoms with Crippen LogP contribution in [0.25, 0.3) is 0 Å². The smallest absolute Gasteiger partial charge is 0.229 e. The Morgan fingerprint density at radius 1 is 1.53 bits per heavy atom. The van der Waals surface area contributed by atoms with Crippen molar-refractivity contribution in [3.05, 3.63) is 11.7 Å². The van der Waals surface area contributed by atoms with E-state index < -0.39 is 0 Å². The van der Waals surface area contributed by atoms with Gasteiger partial charge in [0.2, 0.25) is 5.89 Å². The van der Waals surface area contributed by atoms with Crippen molar-refractivity contribution in [3.63, 3.8) is 0 Å². The average Bonchev–Trinajstić information content (AvgIpc) is 2.78. The molecule has 0 saturated carbocycles. The number of aromatic nitrogens is 2. The Balaban J connectivity index is 2.05. The number of hydrogen-bond acceptors (Lipinski definition) is 4. The van der Waals surface area contributed by atoms with Crippen molar-refractivity contribution in [2.75, 3.05) is 6.54 Å². The quantitative estimate of drug-likeness (QED) is 0.830. The standard InChI is InChI=1S/C11H19N3O/c1-3-8(2)11-13-10(14-15-11)9-6-4-5-7-12-9/h8-9,12H,3-7H2,1-2H3. The molecule has 0 bridgehead atoms. The monoisotopic (exact) mass is 209 g/mol. The first-order chi connectivity index (χ1) is 7.31. The molecule has 15 heavy (non-hydrogen) atoms. The zero-order valence-electron chi connectivity index (χ0n) is 9.49. The van der Waals surface area contributed by atoms with Crippen LogP contribution in [0, 0.1) is 0 Å². The van der Waals surface area contributed by atoms with E-state index in [4.69, 9.17) is 4.52 Å². The SMILES string of the molecule is CCC(C)c1nc(C2CCCCN2)no1. The first kappa shape index (κ1) is 10.6. The van der Waals surface area contributed by atoms with Crippen molar-refractivity contribution in [2.45, 2.75) is 51.5 Å². The molecule has 1 aromatic rings. The van der Waals surface area contributed by atoms with E-state index in [0.29, 0.717) is 12.0 Å². The molecule has 1 fully saturated rings. The van der Waals surface area contributed by atoms with Gasteiger partial charge in [-0.05, 0) is 25.8 Å². The van der Waals surface area contributed by atoms with Crippen molar-refractivity contribution in [1.29, 1.82) is 0 Å².